The van der Waals surface area contributed by atoms with E-state index in [1.165, 1.54) is 37.1 Å². The predicted molar refractivity (Wildman–Crippen MR) is 84.7 cm³/mol. The molecule has 1 fully saturated rings. The highest BCUT2D eigenvalue weighted by molar-refractivity contribution is 7.09. The Morgan fingerprint density at radius 3 is 2.74 bits per heavy atom. The number of nitrogens with one attached hydrogen (secondary N) is 1. The SMILES string of the molecule is CCN(CCNC1CCC(C)CC1)Cc1cccs1. The Kier molecular flexibility index (Phi) is 6.35. The molecule has 0 atom stereocenters. The van der Waals surface area contributed by atoms with Crippen LogP contribution in [0.25, 0.3) is 0 Å². The Morgan fingerprint density at radius 2 is 2.11 bits per heavy atom. The maximum Gasteiger partial charge on any atom is 0.0328 e. The van der Waals surface area contributed by atoms with Crippen LogP contribution >= 0.6 is 11.3 Å². The maximum absolute atomic E-state index is 3.75. The lowest BCUT2D eigenvalue weighted by Gasteiger charge is -2.28. The highest BCUT2D eigenvalue weighted by Crippen LogP contribution is 2.23. The van der Waals surface area contributed by atoms with E-state index in [0.717, 1.165) is 31.6 Å². The molecule has 1 aromatic rings. The molecular weight excluding hydrogens is 252 g/mol. The Bertz CT molecular complexity index is 329. The molecule has 0 spiro atoms. The van der Waals surface area contributed by atoms with E-state index >= 15 is 0 Å². The molecule has 1 aliphatic carbocycles. The summed E-state index contributed by atoms with van der Waals surface area (Å²) in [5.41, 5.74) is 0. The fourth-order valence-electron chi connectivity index (χ4n) is 2.86. The van der Waals surface area contributed by atoms with Crippen molar-refractivity contribution in [1.82, 2.24) is 10.2 Å². The smallest absolute Gasteiger partial charge is 0.0328 e. The van der Waals surface area contributed by atoms with Crippen LogP contribution in [0.2, 0.25) is 0 Å². The third kappa shape index (κ3) is 5.25. The first-order chi connectivity index (χ1) is 9.28. The number of thiophene rings is 1. The third-order valence-corrected chi connectivity index (χ3v) is 5.14. The van der Waals surface area contributed by atoms with E-state index in [9.17, 15) is 0 Å². The minimum absolute atomic E-state index is 0.775. The van der Waals surface area contributed by atoms with Gasteiger partial charge in [0.05, 0.1) is 0 Å². The Hall–Kier alpha value is -0.380. The van der Waals surface area contributed by atoms with Crippen molar-refractivity contribution in [3.8, 4) is 0 Å². The topological polar surface area (TPSA) is 15.3 Å². The van der Waals surface area contributed by atoms with Gasteiger partial charge in [0, 0.05) is 30.6 Å². The summed E-state index contributed by atoms with van der Waals surface area (Å²) in [4.78, 5) is 4.01. The van der Waals surface area contributed by atoms with Crippen molar-refractivity contribution in [2.75, 3.05) is 19.6 Å². The third-order valence-electron chi connectivity index (χ3n) is 4.28. The van der Waals surface area contributed by atoms with Gasteiger partial charge in [0.2, 0.25) is 0 Å². The van der Waals surface area contributed by atoms with Crippen LogP contribution in [0.5, 0.6) is 0 Å². The molecule has 0 aliphatic heterocycles. The predicted octanol–water partition coefficient (Wildman–Crippen LogP) is 3.74. The molecular formula is C16H28N2S. The first-order valence-electron chi connectivity index (χ1n) is 7.76. The zero-order valence-electron chi connectivity index (χ0n) is 12.4. The maximum atomic E-state index is 3.75. The van der Waals surface area contributed by atoms with Gasteiger partial charge in [-0.3, -0.25) is 4.90 Å². The van der Waals surface area contributed by atoms with Crippen molar-refractivity contribution in [2.45, 2.75) is 52.1 Å². The van der Waals surface area contributed by atoms with Crippen molar-refractivity contribution in [1.29, 1.82) is 0 Å². The first-order valence-corrected chi connectivity index (χ1v) is 8.64. The van der Waals surface area contributed by atoms with Gasteiger partial charge in [-0.1, -0.05) is 19.9 Å². The Balaban J connectivity index is 1.63. The second-order valence-electron chi connectivity index (χ2n) is 5.86. The van der Waals surface area contributed by atoms with E-state index < -0.39 is 0 Å². The molecule has 1 aromatic heterocycles. The largest absolute Gasteiger partial charge is 0.313 e. The van der Waals surface area contributed by atoms with E-state index in [2.05, 4.69) is 41.6 Å². The fraction of sp³-hybridized carbons (Fsp3) is 0.750. The quantitative estimate of drug-likeness (QED) is 0.818. The molecule has 1 N–H and O–H groups in total. The Labute approximate surface area is 122 Å². The van der Waals surface area contributed by atoms with Gasteiger partial charge in [-0.15, -0.1) is 11.3 Å². The molecule has 108 valence electrons. The molecule has 19 heavy (non-hydrogen) atoms. The van der Waals surface area contributed by atoms with E-state index in [4.69, 9.17) is 0 Å². The van der Waals surface area contributed by atoms with Gasteiger partial charge in [0.1, 0.15) is 0 Å². The standard InChI is InChI=1S/C16H28N2S/c1-3-18(13-16-5-4-12-19-16)11-10-17-15-8-6-14(2)7-9-15/h4-5,12,14-15,17H,3,6-11,13H2,1-2H3. The van der Waals surface area contributed by atoms with Crippen LogP contribution in [-0.2, 0) is 6.54 Å². The summed E-state index contributed by atoms with van der Waals surface area (Å²) in [6.07, 6.45) is 5.56. The van der Waals surface area contributed by atoms with E-state index in [0.29, 0.717) is 0 Å². The zero-order valence-corrected chi connectivity index (χ0v) is 13.2. The van der Waals surface area contributed by atoms with E-state index in [1.54, 1.807) is 0 Å². The van der Waals surface area contributed by atoms with Crippen molar-refractivity contribution < 1.29 is 0 Å². The second kappa shape index (κ2) is 8.03. The Morgan fingerprint density at radius 1 is 1.32 bits per heavy atom. The number of rotatable bonds is 7. The van der Waals surface area contributed by atoms with Gasteiger partial charge in [-0.2, -0.15) is 0 Å². The molecule has 1 saturated carbocycles. The van der Waals surface area contributed by atoms with Crippen molar-refractivity contribution >= 4 is 11.3 Å². The van der Waals surface area contributed by atoms with Gasteiger partial charge in [0.25, 0.3) is 0 Å². The van der Waals surface area contributed by atoms with Gasteiger partial charge < -0.3 is 5.32 Å². The molecule has 0 saturated heterocycles. The van der Waals surface area contributed by atoms with Crippen LogP contribution in [0.3, 0.4) is 0 Å². The molecule has 0 aromatic carbocycles. The monoisotopic (exact) mass is 280 g/mol. The van der Waals surface area contributed by atoms with Crippen LogP contribution < -0.4 is 5.32 Å². The first kappa shape index (κ1) is 15.0. The lowest BCUT2D eigenvalue weighted by molar-refractivity contribution is 0.257. The highest BCUT2D eigenvalue weighted by Gasteiger charge is 2.17. The van der Waals surface area contributed by atoms with Crippen LogP contribution in [0.1, 0.15) is 44.4 Å². The lowest BCUT2D eigenvalue weighted by Crippen LogP contribution is -2.38. The van der Waals surface area contributed by atoms with Gasteiger partial charge in [-0.25, -0.2) is 0 Å². The average Bonchev–Trinajstić information content (AvgIpc) is 2.93. The van der Waals surface area contributed by atoms with E-state index in [-0.39, 0.29) is 0 Å². The number of likely N-dealkylation sites (N-methyl/N-ethyl adjacent to an activating group) is 1. The number of hydrogen-bond donors (Lipinski definition) is 1. The van der Waals surface area contributed by atoms with Gasteiger partial charge in [-0.05, 0) is 49.6 Å². The van der Waals surface area contributed by atoms with Crippen molar-refractivity contribution in [3.05, 3.63) is 22.4 Å². The molecule has 1 aliphatic rings. The summed E-state index contributed by atoms with van der Waals surface area (Å²) >= 11 is 1.87. The van der Waals surface area contributed by atoms with Gasteiger partial charge in [0.15, 0.2) is 0 Å². The summed E-state index contributed by atoms with van der Waals surface area (Å²) in [7, 11) is 0. The summed E-state index contributed by atoms with van der Waals surface area (Å²) < 4.78 is 0. The minimum Gasteiger partial charge on any atom is -0.313 e. The molecule has 0 amide bonds. The molecule has 0 bridgehead atoms. The molecule has 0 unspecified atom stereocenters. The van der Waals surface area contributed by atoms with Crippen LogP contribution in [0.15, 0.2) is 17.5 Å². The minimum atomic E-state index is 0.775. The molecule has 2 rings (SSSR count). The molecule has 0 radical (unpaired) electrons. The number of nitrogens with zero attached hydrogens (tertiary/aromatic N) is 1. The van der Waals surface area contributed by atoms with Crippen molar-refractivity contribution in [3.63, 3.8) is 0 Å². The average molecular weight is 280 g/mol. The summed E-state index contributed by atoms with van der Waals surface area (Å²) in [6.45, 7) is 9.20. The molecule has 3 heteroatoms. The van der Waals surface area contributed by atoms with Crippen LogP contribution in [-0.4, -0.2) is 30.6 Å². The zero-order chi connectivity index (χ0) is 13.5. The summed E-state index contributed by atoms with van der Waals surface area (Å²) in [5, 5.41) is 5.92. The normalized spacial score (nSPS) is 23.9. The molecule has 1 heterocycles. The van der Waals surface area contributed by atoms with Gasteiger partial charge >= 0.3 is 0 Å². The highest BCUT2D eigenvalue weighted by atomic mass is 32.1. The summed E-state index contributed by atoms with van der Waals surface area (Å²) in [5.74, 6) is 0.948. The fourth-order valence-corrected chi connectivity index (χ4v) is 3.61. The van der Waals surface area contributed by atoms with E-state index in [1.807, 2.05) is 11.3 Å². The second-order valence-corrected chi connectivity index (χ2v) is 6.89. The number of hydrogen-bond acceptors (Lipinski definition) is 3. The lowest BCUT2D eigenvalue weighted by atomic mass is 9.87. The van der Waals surface area contributed by atoms with Crippen LogP contribution in [0, 0.1) is 5.92 Å². The van der Waals surface area contributed by atoms with Crippen molar-refractivity contribution in [2.24, 2.45) is 5.92 Å². The molecule has 2 nitrogen and oxygen atoms in total. The van der Waals surface area contributed by atoms with Crippen LogP contribution in [0.4, 0.5) is 0 Å². The summed E-state index contributed by atoms with van der Waals surface area (Å²) in [6, 6.07) is 5.16.